The predicted octanol–water partition coefficient (Wildman–Crippen LogP) is 8.99. The van der Waals surface area contributed by atoms with Crippen LogP contribution < -0.4 is 0 Å². The lowest BCUT2D eigenvalue weighted by Gasteiger charge is -2.45. The first-order chi connectivity index (χ1) is 15.6. The van der Waals surface area contributed by atoms with E-state index >= 15 is 4.39 Å². The van der Waals surface area contributed by atoms with Gasteiger partial charge in [-0.15, -0.1) is 0 Å². The van der Waals surface area contributed by atoms with Gasteiger partial charge in [0, 0.05) is 0 Å². The first-order valence-electron chi connectivity index (χ1n) is 13.7. The van der Waals surface area contributed by atoms with Crippen molar-refractivity contribution in [2.45, 2.75) is 110 Å². The molecule has 5 atom stereocenters. The smallest absolute Gasteiger partial charge is 0.162 e. The highest BCUT2D eigenvalue weighted by Gasteiger charge is 2.39. The van der Waals surface area contributed by atoms with Crippen LogP contribution in [0, 0.1) is 41.2 Å². The second-order valence-electron chi connectivity index (χ2n) is 11.2. The molecule has 3 aliphatic carbocycles. The normalized spacial score (nSPS) is 30.3. The zero-order valence-corrected chi connectivity index (χ0v) is 20.5. The maximum atomic E-state index is 15.0. The lowest BCUT2D eigenvalue weighted by atomic mass is 9.60. The van der Waals surface area contributed by atoms with E-state index in [1.807, 2.05) is 25.1 Å². The molecule has 2 saturated carbocycles. The number of halogens is 2. The van der Waals surface area contributed by atoms with E-state index in [1.165, 1.54) is 64.2 Å². The van der Waals surface area contributed by atoms with Crippen molar-refractivity contribution in [3.8, 4) is 0 Å². The van der Waals surface area contributed by atoms with E-state index in [-0.39, 0.29) is 0 Å². The average Bonchev–Trinajstić information content (AvgIpc) is 2.82. The highest BCUT2D eigenvalue weighted by molar-refractivity contribution is 5.37. The Hall–Kier alpha value is -1.18. The molecule has 1 aromatic rings. The third-order valence-corrected chi connectivity index (χ3v) is 9.19. The predicted molar refractivity (Wildman–Crippen MR) is 131 cm³/mol. The van der Waals surface area contributed by atoms with Gasteiger partial charge in [-0.05, 0) is 117 Å². The van der Waals surface area contributed by atoms with Gasteiger partial charge in [-0.1, -0.05) is 57.2 Å². The minimum atomic E-state index is -0.584. The van der Waals surface area contributed by atoms with Crippen molar-refractivity contribution in [3.05, 3.63) is 46.5 Å². The fraction of sp³-hybridized carbons (Fsp3) is 0.733. The second-order valence-corrected chi connectivity index (χ2v) is 11.2. The molecule has 32 heavy (non-hydrogen) atoms. The summed E-state index contributed by atoms with van der Waals surface area (Å²) < 4.78 is 29.8. The molecule has 0 aromatic heterocycles. The maximum Gasteiger partial charge on any atom is 0.162 e. The van der Waals surface area contributed by atoms with Crippen LogP contribution in [0.25, 0.3) is 0 Å². The van der Waals surface area contributed by atoms with Crippen LogP contribution in [0.2, 0.25) is 0 Å². The van der Waals surface area contributed by atoms with Crippen molar-refractivity contribution < 1.29 is 8.78 Å². The first kappa shape index (κ1) is 24.0. The van der Waals surface area contributed by atoms with Gasteiger partial charge in [0.2, 0.25) is 0 Å². The standard InChI is InChI=1S/C30H44F2/c1-3-5-7-9-21-11-12-23-18-24(14-13-22(23)17-21)25-15-16-26-19-27(10-8-6-4-2)29(31)30(32)28(26)20-25/h4,6,19,21-25H,3,5,7-18,20H2,1-2H3/b6-4+. The third kappa shape index (κ3) is 5.48. The summed E-state index contributed by atoms with van der Waals surface area (Å²) in [5.41, 5.74) is 2.35. The molecule has 178 valence electrons. The molecule has 0 heterocycles. The molecule has 2 heteroatoms. The monoisotopic (exact) mass is 442 g/mol. The zero-order chi connectivity index (χ0) is 22.5. The molecule has 0 nitrogen and oxygen atoms in total. The highest BCUT2D eigenvalue weighted by atomic mass is 19.2. The van der Waals surface area contributed by atoms with E-state index in [4.69, 9.17) is 0 Å². The topological polar surface area (TPSA) is 0 Å². The molecule has 1 aromatic carbocycles. The number of benzene rings is 1. The molecule has 0 bridgehead atoms. The summed E-state index contributed by atoms with van der Waals surface area (Å²) in [4.78, 5) is 0. The van der Waals surface area contributed by atoms with Crippen LogP contribution in [0.4, 0.5) is 8.78 Å². The van der Waals surface area contributed by atoms with Crippen LogP contribution in [0.5, 0.6) is 0 Å². The molecule has 0 radical (unpaired) electrons. The van der Waals surface area contributed by atoms with E-state index < -0.39 is 11.6 Å². The largest absolute Gasteiger partial charge is 0.203 e. The lowest BCUT2D eigenvalue weighted by Crippen LogP contribution is -2.35. The quantitative estimate of drug-likeness (QED) is 0.278. The maximum absolute atomic E-state index is 15.0. The van der Waals surface area contributed by atoms with Gasteiger partial charge in [0.1, 0.15) is 0 Å². The van der Waals surface area contributed by atoms with Crippen molar-refractivity contribution in [1.29, 1.82) is 0 Å². The van der Waals surface area contributed by atoms with Crippen LogP contribution in [0.3, 0.4) is 0 Å². The van der Waals surface area contributed by atoms with Crippen molar-refractivity contribution in [1.82, 2.24) is 0 Å². The number of rotatable bonds is 8. The molecular formula is C30H44F2. The van der Waals surface area contributed by atoms with Crippen LogP contribution in [0.1, 0.15) is 108 Å². The summed E-state index contributed by atoms with van der Waals surface area (Å²) in [5.74, 6) is 2.96. The summed E-state index contributed by atoms with van der Waals surface area (Å²) in [6.07, 6.45) is 22.2. The fourth-order valence-electron chi connectivity index (χ4n) is 7.31. The molecule has 0 amide bonds. The van der Waals surface area contributed by atoms with Gasteiger partial charge in [0.15, 0.2) is 11.6 Å². The van der Waals surface area contributed by atoms with E-state index in [0.717, 1.165) is 54.9 Å². The van der Waals surface area contributed by atoms with Crippen LogP contribution in [0.15, 0.2) is 18.2 Å². The minimum absolute atomic E-state index is 0.538. The van der Waals surface area contributed by atoms with Gasteiger partial charge in [0.05, 0.1) is 0 Å². The number of fused-ring (bicyclic) bond motifs is 2. The summed E-state index contributed by atoms with van der Waals surface area (Å²) in [5, 5.41) is 0. The van der Waals surface area contributed by atoms with Crippen molar-refractivity contribution >= 4 is 0 Å². The Morgan fingerprint density at radius 3 is 2.44 bits per heavy atom. The number of aryl methyl sites for hydroxylation is 2. The Balaban J connectivity index is 1.35. The van der Waals surface area contributed by atoms with Crippen LogP contribution in [-0.2, 0) is 19.3 Å². The SMILES string of the molecule is C/C=C/CCc1cc2c(c(F)c1F)CC(C1CCC3CC(CCCCC)CCC3C1)CC2. The van der Waals surface area contributed by atoms with E-state index in [0.29, 0.717) is 23.5 Å². The Morgan fingerprint density at radius 2 is 1.66 bits per heavy atom. The lowest BCUT2D eigenvalue weighted by molar-refractivity contribution is 0.0687. The van der Waals surface area contributed by atoms with Crippen LogP contribution >= 0.6 is 0 Å². The summed E-state index contributed by atoms with van der Waals surface area (Å²) in [6.45, 7) is 4.27. The van der Waals surface area contributed by atoms with Crippen LogP contribution in [-0.4, -0.2) is 0 Å². The average molecular weight is 443 g/mol. The number of allylic oxidation sites excluding steroid dienone is 2. The van der Waals surface area contributed by atoms with Crippen molar-refractivity contribution in [2.24, 2.45) is 29.6 Å². The van der Waals surface area contributed by atoms with E-state index in [9.17, 15) is 4.39 Å². The molecular weight excluding hydrogens is 398 g/mol. The first-order valence-corrected chi connectivity index (χ1v) is 13.7. The molecule has 2 fully saturated rings. The van der Waals surface area contributed by atoms with Gasteiger partial charge in [-0.2, -0.15) is 0 Å². The molecule has 4 rings (SSSR count). The van der Waals surface area contributed by atoms with E-state index in [2.05, 4.69) is 6.92 Å². The van der Waals surface area contributed by atoms with Crippen molar-refractivity contribution in [2.75, 3.05) is 0 Å². The van der Waals surface area contributed by atoms with Gasteiger partial charge in [0.25, 0.3) is 0 Å². The third-order valence-electron chi connectivity index (χ3n) is 9.19. The fourth-order valence-corrected chi connectivity index (χ4v) is 7.31. The van der Waals surface area contributed by atoms with Crippen molar-refractivity contribution in [3.63, 3.8) is 0 Å². The Kier molecular flexibility index (Phi) is 8.46. The Labute approximate surface area is 195 Å². The Bertz CT molecular complexity index is 780. The number of hydrogen-bond acceptors (Lipinski definition) is 0. The van der Waals surface area contributed by atoms with Gasteiger partial charge >= 0.3 is 0 Å². The molecule has 0 spiro atoms. The molecule has 0 saturated heterocycles. The molecule has 0 aliphatic heterocycles. The molecule has 3 aliphatic rings. The molecule has 0 N–H and O–H groups in total. The highest BCUT2D eigenvalue weighted by Crippen LogP contribution is 2.49. The summed E-state index contributed by atoms with van der Waals surface area (Å²) >= 11 is 0. The number of unbranched alkanes of at least 4 members (excludes halogenated alkanes) is 2. The minimum Gasteiger partial charge on any atom is -0.203 e. The van der Waals surface area contributed by atoms with Gasteiger partial charge in [-0.3, -0.25) is 0 Å². The Morgan fingerprint density at radius 1 is 0.906 bits per heavy atom. The summed E-state index contributed by atoms with van der Waals surface area (Å²) in [7, 11) is 0. The number of hydrogen-bond donors (Lipinski definition) is 0. The molecule has 5 unspecified atom stereocenters. The van der Waals surface area contributed by atoms with Gasteiger partial charge < -0.3 is 0 Å². The van der Waals surface area contributed by atoms with Gasteiger partial charge in [-0.25, -0.2) is 8.78 Å². The zero-order valence-electron chi connectivity index (χ0n) is 20.5. The van der Waals surface area contributed by atoms with E-state index in [1.54, 1.807) is 0 Å². The second kappa shape index (κ2) is 11.3. The summed E-state index contributed by atoms with van der Waals surface area (Å²) in [6, 6.07) is 1.98.